The average Bonchev–Trinajstić information content (AvgIpc) is 2.45. The average molecular weight is 291 g/mol. The van der Waals surface area contributed by atoms with Gasteiger partial charge in [0.2, 0.25) is 11.8 Å². The van der Waals surface area contributed by atoms with Crippen molar-refractivity contribution in [2.75, 3.05) is 19.6 Å². The third-order valence-corrected chi connectivity index (χ3v) is 4.02. The van der Waals surface area contributed by atoms with Gasteiger partial charge in [-0.1, -0.05) is 19.4 Å². The molecule has 0 aromatic heterocycles. The molecule has 5 heteroatoms. The summed E-state index contributed by atoms with van der Waals surface area (Å²) in [4.78, 5) is 25.2. The molecule has 1 fully saturated rings. The molecule has 0 unspecified atom stereocenters. The summed E-state index contributed by atoms with van der Waals surface area (Å²) in [6, 6.07) is 1.83. The topological polar surface area (TPSA) is 73.2 Å². The van der Waals surface area contributed by atoms with Crippen LogP contribution < -0.4 is 5.32 Å². The lowest BCUT2D eigenvalue weighted by molar-refractivity contribution is -0.127. The van der Waals surface area contributed by atoms with Crippen molar-refractivity contribution < 1.29 is 9.59 Å². The van der Waals surface area contributed by atoms with Crippen LogP contribution in [0, 0.1) is 23.2 Å². The van der Waals surface area contributed by atoms with Gasteiger partial charge in [-0.05, 0) is 31.6 Å². The van der Waals surface area contributed by atoms with Crippen molar-refractivity contribution in [1.82, 2.24) is 10.2 Å². The van der Waals surface area contributed by atoms with Gasteiger partial charge in [-0.15, -0.1) is 0 Å². The molecular weight excluding hydrogens is 266 g/mol. The van der Waals surface area contributed by atoms with E-state index in [1.54, 1.807) is 6.08 Å². The van der Waals surface area contributed by atoms with Crippen molar-refractivity contribution in [3.63, 3.8) is 0 Å². The van der Waals surface area contributed by atoms with E-state index in [0.29, 0.717) is 18.4 Å². The molecule has 0 aromatic rings. The molecule has 0 saturated carbocycles. The molecule has 0 aliphatic carbocycles. The first-order chi connectivity index (χ1) is 9.93. The molecule has 21 heavy (non-hydrogen) atoms. The molecule has 0 radical (unpaired) electrons. The van der Waals surface area contributed by atoms with Gasteiger partial charge < -0.3 is 10.2 Å². The maximum atomic E-state index is 12.1. The molecule has 1 heterocycles. The number of carbonyl (C=O) groups is 2. The number of piperidine rings is 1. The fraction of sp³-hybridized carbons (Fsp3) is 0.688. The number of nitrogens with one attached hydrogen (secondary N) is 1. The van der Waals surface area contributed by atoms with Crippen LogP contribution in [0.4, 0.5) is 0 Å². The van der Waals surface area contributed by atoms with Gasteiger partial charge in [-0.3, -0.25) is 9.59 Å². The number of nitrogens with zero attached hydrogens (tertiary/aromatic N) is 2. The van der Waals surface area contributed by atoms with Crippen molar-refractivity contribution in [2.24, 2.45) is 11.8 Å². The molecule has 0 aromatic carbocycles. The molecule has 5 nitrogen and oxygen atoms in total. The molecule has 1 saturated heterocycles. The lowest BCUT2D eigenvalue weighted by atomic mass is 9.96. The minimum atomic E-state index is -0.216. The number of hydrogen-bond acceptors (Lipinski definition) is 3. The number of rotatable bonds is 5. The van der Waals surface area contributed by atoms with E-state index >= 15 is 0 Å². The van der Waals surface area contributed by atoms with E-state index in [0.717, 1.165) is 31.5 Å². The first kappa shape index (κ1) is 17.2. The Morgan fingerprint density at radius 1 is 1.38 bits per heavy atom. The molecule has 1 rings (SSSR count). The largest absolute Gasteiger partial charge is 0.355 e. The molecule has 116 valence electrons. The van der Waals surface area contributed by atoms with Crippen molar-refractivity contribution in [3.05, 3.63) is 11.6 Å². The van der Waals surface area contributed by atoms with E-state index < -0.39 is 0 Å². The molecule has 0 spiro atoms. The Kier molecular flexibility index (Phi) is 6.93. The van der Waals surface area contributed by atoms with Crippen molar-refractivity contribution in [2.45, 2.75) is 40.0 Å². The minimum absolute atomic E-state index is 0.0867. The Balaban J connectivity index is 2.35. The van der Waals surface area contributed by atoms with E-state index in [1.165, 1.54) is 0 Å². The third-order valence-electron chi connectivity index (χ3n) is 4.02. The molecule has 0 atom stereocenters. The summed E-state index contributed by atoms with van der Waals surface area (Å²) in [5.41, 5.74) is 1.10. The van der Waals surface area contributed by atoms with Crippen LogP contribution in [0.15, 0.2) is 11.6 Å². The van der Waals surface area contributed by atoms with Crippen LogP contribution in [-0.4, -0.2) is 36.3 Å². The van der Waals surface area contributed by atoms with Gasteiger partial charge in [-0.2, -0.15) is 5.26 Å². The van der Waals surface area contributed by atoms with Gasteiger partial charge in [0.05, 0.1) is 6.07 Å². The van der Waals surface area contributed by atoms with Crippen LogP contribution in [0.1, 0.15) is 40.0 Å². The van der Waals surface area contributed by atoms with Crippen molar-refractivity contribution in [3.8, 4) is 6.07 Å². The summed E-state index contributed by atoms with van der Waals surface area (Å²) in [5.74, 6) is 0.661. The smallest absolute Gasteiger partial charge is 0.246 e. The number of allylic oxidation sites excluding steroid dienone is 1. The zero-order chi connectivity index (χ0) is 15.8. The normalized spacial score (nSPS) is 16.7. The molecule has 1 N–H and O–H groups in total. The summed E-state index contributed by atoms with van der Waals surface area (Å²) in [6.07, 6.45) is 3.44. The van der Waals surface area contributed by atoms with Crippen LogP contribution in [0.25, 0.3) is 0 Å². The predicted molar refractivity (Wildman–Crippen MR) is 81.1 cm³/mol. The van der Waals surface area contributed by atoms with Gasteiger partial charge in [0, 0.05) is 25.7 Å². The summed E-state index contributed by atoms with van der Waals surface area (Å²) in [7, 11) is 0. The number of nitriles is 1. The second kappa shape index (κ2) is 8.46. The lowest BCUT2D eigenvalue weighted by Gasteiger charge is -2.31. The van der Waals surface area contributed by atoms with Gasteiger partial charge in [0.15, 0.2) is 0 Å². The van der Waals surface area contributed by atoms with Crippen LogP contribution >= 0.6 is 0 Å². The maximum Gasteiger partial charge on any atom is 0.246 e. The van der Waals surface area contributed by atoms with Gasteiger partial charge in [0.1, 0.15) is 6.42 Å². The molecule has 1 aliphatic rings. The van der Waals surface area contributed by atoms with E-state index in [9.17, 15) is 9.59 Å². The zero-order valence-corrected chi connectivity index (χ0v) is 13.2. The predicted octanol–water partition coefficient (Wildman–Crippen LogP) is 1.86. The quantitative estimate of drug-likeness (QED) is 0.786. The Morgan fingerprint density at radius 2 is 2.00 bits per heavy atom. The standard InChI is InChI=1S/C16H25N3O2/c1-12(2)13(3)10-16(21)19-8-5-14(6-9-19)11-18-15(20)4-7-17/h10,12,14H,4-6,8-9,11H2,1-3H3,(H,18,20)/b13-10+. The maximum absolute atomic E-state index is 12.1. The summed E-state index contributed by atoms with van der Waals surface area (Å²) >= 11 is 0. The van der Waals surface area contributed by atoms with Gasteiger partial charge in [-0.25, -0.2) is 0 Å². The Bertz CT molecular complexity index is 441. The van der Waals surface area contributed by atoms with Crippen LogP contribution in [0.3, 0.4) is 0 Å². The monoisotopic (exact) mass is 291 g/mol. The van der Waals surface area contributed by atoms with Gasteiger partial charge in [0.25, 0.3) is 0 Å². The van der Waals surface area contributed by atoms with E-state index in [1.807, 2.05) is 17.9 Å². The molecule has 2 amide bonds. The lowest BCUT2D eigenvalue weighted by Crippen LogP contribution is -2.41. The second-order valence-corrected chi connectivity index (χ2v) is 5.95. The molecular formula is C16H25N3O2. The number of likely N-dealkylation sites (tertiary alicyclic amines) is 1. The second-order valence-electron chi connectivity index (χ2n) is 5.95. The Morgan fingerprint density at radius 3 is 2.52 bits per heavy atom. The zero-order valence-electron chi connectivity index (χ0n) is 13.2. The summed E-state index contributed by atoms with van der Waals surface area (Å²) < 4.78 is 0. The highest BCUT2D eigenvalue weighted by molar-refractivity contribution is 5.88. The van der Waals surface area contributed by atoms with E-state index in [2.05, 4.69) is 19.2 Å². The molecule has 1 aliphatic heterocycles. The van der Waals surface area contributed by atoms with Gasteiger partial charge >= 0.3 is 0 Å². The first-order valence-corrected chi connectivity index (χ1v) is 7.54. The molecule has 0 bridgehead atoms. The first-order valence-electron chi connectivity index (χ1n) is 7.54. The van der Waals surface area contributed by atoms with Crippen LogP contribution in [0.5, 0.6) is 0 Å². The highest BCUT2D eigenvalue weighted by Crippen LogP contribution is 2.17. The fourth-order valence-electron chi connectivity index (χ4n) is 2.20. The van der Waals surface area contributed by atoms with E-state index in [-0.39, 0.29) is 18.2 Å². The fourth-order valence-corrected chi connectivity index (χ4v) is 2.20. The van der Waals surface area contributed by atoms with Crippen molar-refractivity contribution in [1.29, 1.82) is 5.26 Å². The van der Waals surface area contributed by atoms with Crippen LogP contribution in [0.2, 0.25) is 0 Å². The number of amides is 2. The van der Waals surface area contributed by atoms with Crippen LogP contribution in [-0.2, 0) is 9.59 Å². The summed E-state index contributed by atoms with van der Waals surface area (Å²) in [5, 5.41) is 11.2. The summed E-state index contributed by atoms with van der Waals surface area (Å²) in [6.45, 7) is 8.22. The Hall–Kier alpha value is -1.83. The number of hydrogen-bond donors (Lipinski definition) is 1. The minimum Gasteiger partial charge on any atom is -0.355 e. The Labute approximate surface area is 127 Å². The third kappa shape index (κ3) is 5.99. The highest BCUT2D eigenvalue weighted by atomic mass is 16.2. The van der Waals surface area contributed by atoms with E-state index in [4.69, 9.17) is 5.26 Å². The SMILES string of the molecule is C/C(=C\C(=O)N1CCC(CNC(=O)CC#N)CC1)C(C)C. The van der Waals surface area contributed by atoms with Crippen molar-refractivity contribution >= 4 is 11.8 Å². The number of carbonyl (C=O) groups excluding carboxylic acids is 2. The highest BCUT2D eigenvalue weighted by Gasteiger charge is 2.22.